The van der Waals surface area contributed by atoms with Gasteiger partial charge in [-0.25, -0.2) is 4.98 Å². The van der Waals surface area contributed by atoms with Crippen molar-refractivity contribution in [3.05, 3.63) is 77.9 Å². The maximum absolute atomic E-state index is 4.86. The number of pyridine rings is 1. The SMILES string of the molecule is Cc1cccc(C)c1-c1cc2nc(-c3ccccc3)ccc2s1. The van der Waals surface area contributed by atoms with Crippen molar-refractivity contribution in [2.75, 3.05) is 0 Å². The highest BCUT2D eigenvalue weighted by Crippen LogP contribution is 2.37. The minimum absolute atomic E-state index is 1.03. The van der Waals surface area contributed by atoms with Crippen LogP contribution in [0, 0.1) is 13.8 Å². The van der Waals surface area contributed by atoms with Gasteiger partial charge in [0, 0.05) is 10.4 Å². The molecule has 4 aromatic rings. The number of hydrogen-bond acceptors (Lipinski definition) is 2. The maximum Gasteiger partial charge on any atom is 0.0823 e. The molecular formula is C21H17NS. The molecule has 0 N–H and O–H groups in total. The van der Waals surface area contributed by atoms with Crippen LogP contribution in [0.25, 0.3) is 31.9 Å². The van der Waals surface area contributed by atoms with Crippen LogP contribution >= 0.6 is 11.3 Å². The number of aryl methyl sites for hydroxylation is 2. The van der Waals surface area contributed by atoms with Gasteiger partial charge in [0.25, 0.3) is 0 Å². The number of rotatable bonds is 2. The van der Waals surface area contributed by atoms with Crippen molar-refractivity contribution in [3.8, 4) is 21.7 Å². The van der Waals surface area contributed by atoms with Crippen molar-refractivity contribution in [1.82, 2.24) is 4.98 Å². The first kappa shape index (κ1) is 14.2. The second-order valence-corrected chi connectivity index (χ2v) is 6.91. The molecule has 0 bridgehead atoms. The molecule has 2 aromatic heterocycles. The van der Waals surface area contributed by atoms with Gasteiger partial charge in [0.2, 0.25) is 0 Å². The molecule has 1 nitrogen and oxygen atoms in total. The summed E-state index contributed by atoms with van der Waals surface area (Å²) in [5, 5.41) is 0. The molecule has 2 aromatic carbocycles. The van der Waals surface area contributed by atoms with Gasteiger partial charge >= 0.3 is 0 Å². The van der Waals surface area contributed by atoms with Gasteiger partial charge < -0.3 is 0 Å². The van der Waals surface area contributed by atoms with Gasteiger partial charge in [-0.15, -0.1) is 11.3 Å². The number of hydrogen-bond donors (Lipinski definition) is 0. The lowest BCUT2D eigenvalue weighted by Gasteiger charge is -2.06. The highest BCUT2D eigenvalue weighted by Gasteiger charge is 2.11. The second kappa shape index (κ2) is 5.64. The van der Waals surface area contributed by atoms with Gasteiger partial charge in [-0.2, -0.15) is 0 Å². The average Bonchev–Trinajstić information content (AvgIpc) is 2.98. The van der Waals surface area contributed by atoms with E-state index < -0.39 is 0 Å². The molecule has 0 atom stereocenters. The molecule has 0 amide bonds. The Kier molecular flexibility index (Phi) is 3.47. The number of aromatic nitrogens is 1. The lowest BCUT2D eigenvalue weighted by Crippen LogP contribution is -1.84. The molecule has 4 rings (SSSR count). The van der Waals surface area contributed by atoms with Crippen molar-refractivity contribution >= 4 is 21.6 Å². The Morgan fingerprint density at radius 2 is 1.52 bits per heavy atom. The Labute approximate surface area is 140 Å². The minimum Gasteiger partial charge on any atom is -0.247 e. The zero-order chi connectivity index (χ0) is 15.8. The van der Waals surface area contributed by atoms with E-state index >= 15 is 0 Å². The monoisotopic (exact) mass is 315 g/mol. The summed E-state index contributed by atoms with van der Waals surface area (Å²) in [7, 11) is 0. The smallest absolute Gasteiger partial charge is 0.0823 e. The molecule has 112 valence electrons. The zero-order valence-corrected chi connectivity index (χ0v) is 14.0. The van der Waals surface area contributed by atoms with E-state index in [1.54, 1.807) is 0 Å². The molecule has 2 heteroatoms. The lowest BCUT2D eigenvalue weighted by atomic mass is 10.0. The molecule has 0 aliphatic heterocycles. The molecule has 23 heavy (non-hydrogen) atoms. The molecule has 2 heterocycles. The van der Waals surface area contributed by atoms with Crippen molar-refractivity contribution in [1.29, 1.82) is 0 Å². The third kappa shape index (κ3) is 2.55. The van der Waals surface area contributed by atoms with Gasteiger partial charge in [-0.1, -0.05) is 48.5 Å². The number of nitrogens with zero attached hydrogens (tertiary/aromatic N) is 1. The van der Waals surface area contributed by atoms with Crippen LogP contribution in [0.3, 0.4) is 0 Å². The van der Waals surface area contributed by atoms with Crippen LogP contribution < -0.4 is 0 Å². The van der Waals surface area contributed by atoms with Crippen molar-refractivity contribution in [2.45, 2.75) is 13.8 Å². The topological polar surface area (TPSA) is 12.9 Å². The van der Waals surface area contributed by atoms with Crippen LogP contribution in [0.1, 0.15) is 11.1 Å². The minimum atomic E-state index is 1.03. The van der Waals surface area contributed by atoms with E-state index in [1.165, 1.54) is 26.3 Å². The van der Waals surface area contributed by atoms with E-state index in [0.29, 0.717) is 0 Å². The quantitative estimate of drug-likeness (QED) is 0.426. The summed E-state index contributed by atoms with van der Waals surface area (Å²) in [6, 6.07) is 23.3. The van der Waals surface area contributed by atoms with Crippen LogP contribution in [0.5, 0.6) is 0 Å². The Bertz CT molecular complexity index is 963. The van der Waals surface area contributed by atoms with E-state index in [2.05, 4.69) is 74.5 Å². The fourth-order valence-corrected chi connectivity index (χ4v) is 4.20. The predicted octanol–water partition coefficient (Wildman–Crippen LogP) is 6.25. The van der Waals surface area contributed by atoms with Crippen molar-refractivity contribution in [2.24, 2.45) is 0 Å². The number of fused-ring (bicyclic) bond motifs is 1. The third-order valence-corrected chi connectivity index (χ3v) is 5.28. The zero-order valence-electron chi connectivity index (χ0n) is 13.2. The summed E-state index contributed by atoms with van der Waals surface area (Å²) >= 11 is 1.82. The van der Waals surface area contributed by atoms with Crippen molar-refractivity contribution < 1.29 is 0 Å². The molecular weight excluding hydrogens is 298 g/mol. The summed E-state index contributed by atoms with van der Waals surface area (Å²) in [6.45, 7) is 4.35. The molecule has 0 unspecified atom stereocenters. The van der Waals surface area contributed by atoms with E-state index in [-0.39, 0.29) is 0 Å². The summed E-state index contributed by atoms with van der Waals surface area (Å²) in [5.74, 6) is 0. The maximum atomic E-state index is 4.86. The Hall–Kier alpha value is -2.45. The van der Waals surface area contributed by atoms with E-state index in [4.69, 9.17) is 4.98 Å². The van der Waals surface area contributed by atoms with Crippen LogP contribution in [0.2, 0.25) is 0 Å². The summed E-state index contributed by atoms with van der Waals surface area (Å²) in [4.78, 5) is 6.16. The van der Waals surface area contributed by atoms with Gasteiger partial charge in [-0.3, -0.25) is 0 Å². The van der Waals surface area contributed by atoms with Gasteiger partial charge in [0.15, 0.2) is 0 Å². The normalized spacial score (nSPS) is 11.0. The molecule has 0 fully saturated rings. The van der Waals surface area contributed by atoms with E-state index in [1.807, 2.05) is 17.4 Å². The average molecular weight is 315 g/mol. The number of thiophene rings is 1. The summed E-state index contributed by atoms with van der Waals surface area (Å²) in [6.07, 6.45) is 0. The fraction of sp³-hybridized carbons (Fsp3) is 0.0952. The van der Waals surface area contributed by atoms with E-state index in [9.17, 15) is 0 Å². The Morgan fingerprint density at radius 3 is 2.26 bits per heavy atom. The molecule has 0 saturated carbocycles. The van der Waals surface area contributed by atoms with Crippen molar-refractivity contribution in [3.63, 3.8) is 0 Å². The van der Waals surface area contributed by atoms with Gasteiger partial charge in [0.05, 0.1) is 15.9 Å². The fourth-order valence-electron chi connectivity index (χ4n) is 3.02. The summed E-state index contributed by atoms with van der Waals surface area (Å²) in [5.41, 5.74) is 7.25. The largest absolute Gasteiger partial charge is 0.247 e. The van der Waals surface area contributed by atoms with Crippen LogP contribution in [-0.2, 0) is 0 Å². The molecule has 0 aliphatic carbocycles. The molecule has 0 spiro atoms. The van der Waals surface area contributed by atoms with E-state index in [0.717, 1.165) is 16.8 Å². The first-order valence-electron chi connectivity index (χ1n) is 7.75. The van der Waals surface area contributed by atoms with Crippen LogP contribution in [0.4, 0.5) is 0 Å². The van der Waals surface area contributed by atoms with Gasteiger partial charge in [0.1, 0.15) is 0 Å². The number of benzene rings is 2. The molecule has 0 aliphatic rings. The highest BCUT2D eigenvalue weighted by molar-refractivity contribution is 7.22. The Morgan fingerprint density at radius 1 is 0.783 bits per heavy atom. The lowest BCUT2D eigenvalue weighted by molar-refractivity contribution is 1.39. The second-order valence-electron chi connectivity index (χ2n) is 5.82. The van der Waals surface area contributed by atoms with Crippen LogP contribution in [-0.4, -0.2) is 4.98 Å². The molecule has 0 radical (unpaired) electrons. The third-order valence-electron chi connectivity index (χ3n) is 4.17. The Balaban J connectivity index is 1.86. The first-order valence-corrected chi connectivity index (χ1v) is 8.56. The molecule has 0 saturated heterocycles. The van der Waals surface area contributed by atoms with Gasteiger partial charge in [-0.05, 0) is 48.7 Å². The van der Waals surface area contributed by atoms with Crippen LogP contribution in [0.15, 0.2) is 66.7 Å². The summed E-state index contributed by atoms with van der Waals surface area (Å²) < 4.78 is 1.24. The highest BCUT2D eigenvalue weighted by atomic mass is 32.1. The first-order chi connectivity index (χ1) is 11.2. The predicted molar refractivity (Wildman–Crippen MR) is 100.0 cm³/mol. The standard InChI is InChI=1S/C21H17NS/c1-14-7-6-8-15(2)21(14)20-13-18-19(23-20)12-11-17(22-18)16-9-4-3-5-10-16/h3-13H,1-2H3.